The summed E-state index contributed by atoms with van der Waals surface area (Å²) < 4.78 is 45.4. The lowest BCUT2D eigenvalue weighted by Crippen LogP contribution is -2.40. The minimum Gasteiger partial charge on any atom is -0.436 e. The highest BCUT2D eigenvalue weighted by Crippen LogP contribution is 2.33. The predicted octanol–water partition coefficient (Wildman–Crippen LogP) is 5.06. The van der Waals surface area contributed by atoms with Crippen molar-refractivity contribution in [1.82, 2.24) is 24.8 Å². The fraction of sp³-hybridized carbons (Fsp3) is 0.333. The van der Waals surface area contributed by atoms with E-state index >= 15 is 0 Å². The molecule has 1 atom stereocenters. The van der Waals surface area contributed by atoms with E-state index in [2.05, 4.69) is 37.1 Å². The summed E-state index contributed by atoms with van der Waals surface area (Å²) in [7, 11) is 0. The molecule has 0 spiro atoms. The maximum absolute atomic E-state index is 13.1. The third-order valence-electron chi connectivity index (χ3n) is 6.76. The van der Waals surface area contributed by atoms with Gasteiger partial charge in [-0.2, -0.15) is 18.2 Å². The fourth-order valence-electron chi connectivity index (χ4n) is 4.63. The lowest BCUT2D eigenvalue weighted by molar-refractivity contribution is -0.137. The van der Waals surface area contributed by atoms with E-state index < -0.39 is 17.3 Å². The first-order valence-electron chi connectivity index (χ1n) is 12.7. The van der Waals surface area contributed by atoms with Gasteiger partial charge in [0.15, 0.2) is 11.6 Å². The number of halogens is 3. The fourth-order valence-corrected chi connectivity index (χ4v) is 4.63. The molecule has 12 heteroatoms. The Hall–Kier alpha value is -4.19. The van der Waals surface area contributed by atoms with Crippen LogP contribution in [-0.2, 0) is 6.18 Å². The number of likely N-dealkylation sites (tertiary alicyclic amines) is 1. The average Bonchev–Trinajstić information content (AvgIpc) is 2.90. The number of H-pyrrole nitrogens is 1. The standard InChI is InChI=1S/C27H28F3N7O2/c1-16-5-2-3-13-37(16)14-12-32-26-34-20(17-8-10-18(11-9-17)27(28,29)30)15-22(35-26)39-21-7-4-6-19-23(21)36-24(31)25(38)33-19/h4,6-11,15-16H,2-3,5,12-14H2,1H3,(H2,31,36)(H,33,38)(H,32,34,35). The Kier molecular flexibility index (Phi) is 7.38. The largest absolute Gasteiger partial charge is 0.436 e. The third kappa shape index (κ3) is 6.11. The van der Waals surface area contributed by atoms with Crippen LogP contribution in [0.5, 0.6) is 11.6 Å². The van der Waals surface area contributed by atoms with Gasteiger partial charge in [-0.05, 0) is 50.6 Å². The van der Waals surface area contributed by atoms with Crippen LogP contribution < -0.4 is 21.3 Å². The molecule has 5 rings (SSSR count). The Bertz CT molecular complexity index is 1520. The predicted molar refractivity (Wildman–Crippen MR) is 143 cm³/mol. The molecule has 1 unspecified atom stereocenters. The summed E-state index contributed by atoms with van der Waals surface area (Å²) in [4.78, 5) is 30.1. The van der Waals surface area contributed by atoms with Gasteiger partial charge < -0.3 is 20.8 Å². The molecule has 1 aliphatic rings. The van der Waals surface area contributed by atoms with Gasteiger partial charge in [-0.15, -0.1) is 0 Å². The van der Waals surface area contributed by atoms with E-state index in [4.69, 9.17) is 10.5 Å². The lowest BCUT2D eigenvalue weighted by Gasteiger charge is -2.33. The van der Waals surface area contributed by atoms with Crippen molar-refractivity contribution < 1.29 is 17.9 Å². The van der Waals surface area contributed by atoms with E-state index in [0.29, 0.717) is 40.6 Å². The van der Waals surface area contributed by atoms with E-state index in [0.717, 1.165) is 38.1 Å². The molecule has 2 aromatic carbocycles. The van der Waals surface area contributed by atoms with Crippen LogP contribution in [0.15, 0.2) is 53.3 Å². The number of nitrogens with one attached hydrogen (secondary N) is 2. The van der Waals surface area contributed by atoms with Crippen molar-refractivity contribution in [2.24, 2.45) is 0 Å². The quantitative estimate of drug-likeness (QED) is 0.298. The lowest BCUT2D eigenvalue weighted by atomic mass is 10.0. The molecule has 39 heavy (non-hydrogen) atoms. The van der Waals surface area contributed by atoms with Gasteiger partial charge in [-0.3, -0.25) is 9.69 Å². The minimum absolute atomic E-state index is 0.146. The molecule has 0 amide bonds. The van der Waals surface area contributed by atoms with E-state index in [-0.39, 0.29) is 17.6 Å². The van der Waals surface area contributed by atoms with Crippen molar-refractivity contribution in [3.05, 3.63) is 64.4 Å². The molecular formula is C27H28F3N7O2. The molecule has 1 aliphatic heterocycles. The van der Waals surface area contributed by atoms with Gasteiger partial charge in [0.2, 0.25) is 11.8 Å². The number of nitrogens with zero attached hydrogens (tertiary/aromatic N) is 4. The van der Waals surface area contributed by atoms with Crippen LogP contribution in [0.25, 0.3) is 22.3 Å². The van der Waals surface area contributed by atoms with Crippen LogP contribution in [0.2, 0.25) is 0 Å². The first kappa shape index (κ1) is 26.4. The highest BCUT2D eigenvalue weighted by molar-refractivity contribution is 5.82. The number of nitrogen functional groups attached to an aromatic ring is 1. The van der Waals surface area contributed by atoms with Gasteiger partial charge in [0.05, 0.1) is 16.8 Å². The molecule has 0 aliphatic carbocycles. The molecule has 9 nitrogen and oxygen atoms in total. The first-order valence-corrected chi connectivity index (χ1v) is 12.7. The second kappa shape index (κ2) is 10.9. The van der Waals surface area contributed by atoms with E-state index in [1.165, 1.54) is 24.6 Å². The number of ether oxygens (including phenoxy) is 1. The van der Waals surface area contributed by atoms with E-state index in [1.807, 2.05) is 0 Å². The van der Waals surface area contributed by atoms with Gasteiger partial charge in [-0.25, -0.2) is 9.97 Å². The molecule has 0 saturated carbocycles. The third-order valence-corrected chi connectivity index (χ3v) is 6.76. The van der Waals surface area contributed by atoms with Crippen molar-refractivity contribution in [2.45, 2.75) is 38.4 Å². The molecule has 4 aromatic rings. The van der Waals surface area contributed by atoms with Crippen LogP contribution in [-0.4, -0.2) is 50.5 Å². The van der Waals surface area contributed by atoms with E-state index in [9.17, 15) is 18.0 Å². The van der Waals surface area contributed by atoms with E-state index in [1.54, 1.807) is 18.2 Å². The van der Waals surface area contributed by atoms with Gasteiger partial charge in [0.1, 0.15) is 5.52 Å². The van der Waals surface area contributed by atoms with Gasteiger partial charge >= 0.3 is 6.18 Å². The summed E-state index contributed by atoms with van der Waals surface area (Å²) in [6.07, 6.45) is -0.891. The monoisotopic (exact) mass is 539 g/mol. The topological polar surface area (TPSA) is 122 Å². The van der Waals surface area contributed by atoms with Crippen molar-refractivity contribution in [3.8, 4) is 22.9 Å². The molecule has 1 saturated heterocycles. The number of nitrogens with two attached hydrogens (primary N) is 1. The number of benzene rings is 2. The van der Waals surface area contributed by atoms with Gasteiger partial charge in [-0.1, -0.05) is 24.6 Å². The maximum Gasteiger partial charge on any atom is 0.416 e. The Morgan fingerprint density at radius 2 is 1.92 bits per heavy atom. The maximum atomic E-state index is 13.1. The molecule has 2 aromatic heterocycles. The molecule has 204 valence electrons. The normalized spacial score (nSPS) is 16.4. The number of fused-ring (bicyclic) bond motifs is 1. The van der Waals surface area contributed by atoms with Crippen LogP contribution in [0.4, 0.5) is 24.9 Å². The Morgan fingerprint density at radius 3 is 2.67 bits per heavy atom. The van der Waals surface area contributed by atoms with Crippen molar-refractivity contribution in [2.75, 3.05) is 30.7 Å². The number of para-hydroxylation sites is 1. The number of hydrogen-bond acceptors (Lipinski definition) is 8. The number of piperidine rings is 1. The Balaban J connectivity index is 1.46. The Morgan fingerprint density at radius 1 is 1.13 bits per heavy atom. The van der Waals surface area contributed by atoms with Crippen molar-refractivity contribution in [1.29, 1.82) is 0 Å². The summed E-state index contributed by atoms with van der Waals surface area (Å²) in [5.74, 6) is 0.502. The van der Waals surface area contributed by atoms with Crippen molar-refractivity contribution >= 4 is 22.8 Å². The second-order valence-electron chi connectivity index (χ2n) is 9.50. The summed E-state index contributed by atoms with van der Waals surface area (Å²) in [6.45, 7) is 4.62. The highest BCUT2D eigenvalue weighted by atomic mass is 19.4. The molecule has 1 fully saturated rings. The van der Waals surface area contributed by atoms with Gasteiger partial charge in [0.25, 0.3) is 5.56 Å². The summed E-state index contributed by atoms with van der Waals surface area (Å²) in [5, 5.41) is 3.23. The Labute approximate surface area is 222 Å². The zero-order valence-electron chi connectivity index (χ0n) is 21.3. The number of aromatic nitrogens is 4. The summed E-state index contributed by atoms with van der Waals surface area (Å²) in [6, 6.07) is 11.8. The van der Waals surface area contributed by atoms with Crippen LogP contribution in [0, 0.1) is 0 Å². The number of hydrogen-bond donors (Lipinski definition) is 3. The van der Waals surface area contributed by atoms with Crippen LogP contribution in [0.1, 0.15) is 31.7 Å². The smallest absolute Gasteiger partial charge is 0.416 e. The van der Waals surface area contributed by atoms with Crippen LogP contribution in [0.3, 0.4) is 0 Å². The molecule has 0 bridgehead atoms. The minimum atomic E-state index is -4.44. The highest BCUT2D eigenvalue weighted by Gasteiger charge is 2.30. The van der Waals surface area contributed by atoms with Crippen molar-refractivity contribution in [3.63, 3.8) is 0 Å². The molecule has 0 radical (unpaired) electrons. The SMILES string of the molecule is CC1CCCCN1CCNc1nc(Oc2cccc3[nH]c(=O)c(N)nc23)cc(-c2ccc(C(F)(F)F)cc2)n1. The summed E-state index contributed by atoms with van der Waals surface area (Å²) in [5.41, 5.74) is 6.05. The number of anilines is 2. The molecule has 4 N–H and O–H groups in total. The molecular weight excluding hydrogens is 511 g/mol. The number of aromatic amines is 1. The average molecular weight is 540 g/mol. The second-order valence-corrected chi connectivity index (χ2v) is 9.50. The number of alkyl halides is 3. The number of rotatable bonds is 7. The summed E-state index contributed by atoms with van der Waals surface area (Å²) >= 11 is 0. The first-order chi connectivity index (χ1) is 18.7. The molecule has 3 heterocycles. The van der Waals surface area contributed by atoms with Crippen LogP contribution >= 0.6 is 0 Å². The zero-order valence-corrected chi connectivity index (χ0v) is 21.3. The van der Waals surface area contributed by atoms with Gasteiger partial charge in [0, 0.05) is 30.8 Å². The zero-order chi connectivity index (χ0) is 27.6.